The third-order valence-corrected chi connectivity index (χ3v) is 3.33. The van der Waals surface area contributed by atoms with Crippen molar-refractivity contribution in [3.63, 3.8) is 0 Å². The lowest BCUT2D eigenvalue weighted by atomic mass is 10.1. The summed E-state index contributed by atoms with van der Waals surface area (Å²) in [4.78, 5) is 40.9. The maximum Gasteiger partial charge on any atom is 0.320 e. The van der Waals surface area contributed by atoms with Crippen LogP contribution in [-0.2, 0) is 19.2 Å². The van der Waals surface area contributed by atoms with Crippen molar-refractivity contribution in [1.29, 1.82) is 0 Å². The second kappa shape index (κ2) is 13.9. The van der Waals surface area contributed by atoms with Gasteiger partial charge in [0.25, 0.3) is 0 Å². The van der Waals surface area contributed by atoms with Gasteiger partial charge in [0.2, 0.25) is 0 Å². The second-order valence-corrected chi connectivity index (χ2v) is 5.64. The lowest BCUT2D eigenvalue weighted by molar-refractivity contribution is -0.140. The number of carbonyl (C=O) groups is 4. The molecule has 12 nitrogen and oxygen atoms in total. The molecule has 0 aromatic carbocycles. The Morgan fingerprint density at radius 2 is 0.654 bits per heavy atom. The Morgan fingerprint density at radius 1 is 0.500 bits per heavy atom. The molecule has 0 fully saturated rings. The van der Waals surface area contributed by atoms with Crippen LogP contribution < -0.4 is 22.9 Å². The molecule has 4 atom stereocenters. The van der Waals surface area contributed by atoms with Gasteiger partial charge in [0.15, 0.2) is 0 Å². The van der Waals surface area contributed by atoms with Crippen LogP contribution in [0.4, 0.5) is 0 Å². The minimum atomic E-state index is -1.08. The first-order valence-electron chi connectivity index (χ1n) is 7.83. The summed E-state index contributed by atoms with van der Waals surface area (Å²) in [5, 5.41) is 33.5. The summed E-state index contributed by atoms with van der Waals surface area (Å²) in [6.45, 7) is 0. The van der Waals surface area contributed by atoms with E-state index in [9.17, 15) is 19.2 Å². The third kappa shape index (κ3) is 14.1. The molecule has 0 aliphatic carbocycles. The van der Waals surface area contributed by atoms with Crippen molar-refractivity contribution in [2.75, 3.05) is 0 Å². The zero-order chi connectivity index (χ0) is 20.9. The van der Waals surface area contributed by atoms with Crippen molar-refractivity contribution in [2.24, 2.45) is 22.9 Å². The topological polar surface area (TPSA) is 253 Å². The van der Waals surface area contributed by atoms with Crippen molar-refractivity contribution in [3.05, 3.63) is 0 Å². The van der Waals surface area contributed by atoms with Gasteiger partial charge in [0.05, 0.1) is 0 Å². The molecule has 0 unspecified atom stereocenters. The molecule has 0 aliphatic heterocycles. The standard InChI is InChI=1S/2C7H14N2O4/c2*8-4(6(10)11)2-1-3-5(9)7(12)13/h2*4-5H,1-3,8-9H2,(H,10,11)(H,12,13)/t2*4-,5+. The van der Waals surface area contributed by atoms with Crippen LogP contribution in [0.5, 0.6) is 0 Å². The summed E-state index contributed by atoms with van der Waals surface area (Å²) in [6, 6.07) is -3.72. The van der Waals surface area contributed by atoms with E-state index in [-0.39, 0.29) is 25.7 Å². The first-order valence-corrected chi connectivity index (χ1v) is 7.83. The van der Waals surface area contributed by atoms with Gasteiger partial charge in [-0.05, 0) is 38.5 Å². The summed E-state index contributed by atoms with van der Waals surface area (Å²) in [5.41, 5.74) is 20.8. The minimum Gasteiger partial charge on any atom is -0.480 e. The Bertz CT molecular complexity index is 392. The molecule has 12 N–H and O–H groups in total. The van der Waals surface area contributed by atoms with Crippen molar-refractivity contribution in [1.82, 2.24) is 0 Å². The molecular formula is C14H28N4O8. The molecule has 0 heterocycles. The van der Waals surface area contributed by atoms with E-state index in [1.165, 1.54) is 0 Å². The second-order valence-electron chi connectivity index (χ2n) is 5.64. The SMILES string of the molecule is N[C@H](CCC[C@H](N)C(=O)O)C(=O)O.N[C@H](CCC[C@H](N)C(=O)O)C(=O)O. The van der Waals surface area contributed by atoms with Gasteiger partial charge in [-0.15, -0.1) is 0 Å². The van der Waals surface area contributed by atoms with Crippen LogP contribution in [-0.4, -0.2) is 68.5 Å². The monoisotopic (exact) mass is 380 g/mol. The molecule has 0 saturated heterocycles. The fourth-order valence-electron chi connectivity index (χ4n) is 1.61. The molecule has 0 bridgehead atoms. The van der Waals surface area contributed by atoms with Crippen LogP contribution in [0, 0.1) is 0 Å². The highest BCUT2D eigenvalue weighted by Gasteiger charge is 2.15. The quantitative estimate of drug-likeness (QED) is 0.182. The Kier molecular flexibility index (Phi) is 13.9. The molecule has 0 spiro atoms. The van der Waals surface area contributed by atoms with Crippen molar-refractivity contribution in [2.45, 2.75) is 62.7 Å². The van der Waals surface area contributed by atoms with E-state index in [0.29, 0.717) is 12.8 Å². The summed E-state index contributed by atoms with van der Waals surface area (Å²) in [7, 11) is 0. The molecule has 26 heavy (non-hydrogen) atoms. The fraction of sp³-hybridized carbons (Fsp3) is 0.714. The minimum absolute atomic E-state index is 0.246. The number of nitrogens with two attached hydrogens (primary N) is 4. The Morgan fingerprint density at radius 3 is 0.769 bits per heavy atom. The number of carboxylic acids is 4. The fourth-order valence-corrected chi connectivity index (χ4v) is 1.61. The van der Waals surface area contributed by atoms with Gasteiger partial charge in [-0.1, -0.05) is 0 Å². The number of aliphatic carboxylic acids is 4. The van der Waals surface area contributed by atoms with E-state index in [4.69, 9.17) is 43.4 Å². The highest BCUT2D eigenvalue weighted by atomic mass is 16.4. The predicted octanol–water partition coefficient (Wildman–Crippen LogP) is -2.04. The van der Waals surface area contributed by atoms with E-state index >= 15 is 0 Å². The molecular weight excluding hydrogens is 352 g/mol. The summed E-state index contributed by atoms with van der Waals surface area (Å²) < 4.78 is 0. The zero-order valence-corrected chi connectivity index (χ0v) is 14.3. The average molecular weight is 380 g/mol. The lowest BCUT2D eigenvalue weighted by Crippen LogP contribution is -2.33. The number of hydrogen-bond acceptors (Lipinski definition) is 8. The number of carboxylic acid groups (broad SMARTS) is 4. The van der Waals surface area contributed by atoms with Crippen molar-refractivity contribution < 1.29 is 39.6 Å². The van der Waals surface area contributed by atoms with Gasteiger partial charge >= 0.3 is 23.9 Å². The first-order chi connectivity index (χ1) is 11.9. The molecule has 0 aromatic rings. The lowest BCUT2D eigenvalue weighted by Gasteiger charge is -2.07. The average Bonchev–Trinajstić information content (AvgIpc) is 2.54. The Balaban J connectivity index is 0. The maximum absolute atomic E-state index is 10.2. The van der Waals surface area contributed by atoms with E-state index in [1.54, 1.807) is 0 Å². The Labute approximate surface area is 150 Å². The number of rotatable bonds is 12. The highest BCUT2D eigenvalue weighted by molar-refractivity contribution is 5.74. The third-order valence-electron chi connectivity index (χ3n) is 3.33. The molecule has 0 aromatic heterocycles. The Hall–Kier alpha value is -2.28. The molecule has 12 heteroatoms. The molecule has 0 rings (SSSR count). The molecule has 0 saturated carbocycles. The van der Waals surface area contributed by atoms with E-state index in [0.717, 1.165) is 0 Å². The normalized spacial score (nSPS) is 14.9. The van der Waals surface area contributed by atoms with Crippen LogP contribution in [0.1, 0.15) is 38.5 Å². The van der Waals surface area contributed by atoms with E-state index in [2.05, 4.69) is 0 Å². The van der Waals surface area contributed by atoms with Crippen LogP contribution in [0.2, 0.25) is 0 Å². The number of hydrogen-bond donors (Lipinski definition) is 8. The zero-order valence-electron chi connectivity index (χ0n) is 14.3. The molecule has 0 amide bonds. The van der Waals surface area contributed by atoms with Crippen molar-refractivity contribution >= 4 is 23.9 Å². The summed E-state index contributed by atoms with van der Waals surface area (Å²) in [5.74, 6) is -4.32. The largest absolute Gasteiger partial charge is 0.480 e. The van der Waals surface area contributed by atoms with Gasteiger partial charge in [-0.2, -0.15) is 0 Å². The van der Waals surface area contributed by atoms with Crippen LogP contribution >= 0.6 is 0 Å². The molecule has 0 radical (unpaired) electrons. The predicted molar refractivity (Wildman–Crippen MR) is 90.1 cm³/mol. The van der Waals surface area contributed by atoms with Gasteiger partial charge in [0.1, 0.15) is 24.2 Å². The summed E-state index contributed by atoms with van der Waals surface area (Å²) in [6.07, 6.45) is 1.79. The molecule has 152 valence electrons. The van der Waals surface area contributed by atoms with Crippen LogP contribution in [0.15, 0.2) is 0 Å². The van der Waals surface area contributed by atoms with E-state index in [1.807, 2.05) is 0 Å². The van der Waals surface area contributed by atoms with Crippen molar-refractivity contribution in [3.8, 4) is 0 Å². The van der Waals surface area contributed by atoms with Gasteiger partial charge in [0, 0.05) is 0 Å². The molecule has 0 aliphatic rings. The summed E-state index contributed by atoms with van der Waals surface area (Å²) >= 11 is 0. The van der Waals surface area contributed by atoms with Gasteiger partial charge in [-0.3, -0.25) is 19.2 Å². The smallest absolute Gasteiger partial charge is 0.320 e. The van der Waals surface area contributed by atoms with E-state index < -0.39 is 48.0 Å². The van der Waals surface area contributed by atoms with Crippen LogP contribution in [0.3, 0.4) is 0 Å². The van der Waals surface area contributed by atoms with Gasteiger partial charge in [-0.25, -0.2) is 0 Å². The highest BCUT2D eigenvalue weighted by Crippen LogP contribution is 2.02. The maximum atomic E-state index is 10.2. The first kappa shape index (κ1) is 26.0. The van der Waals surface area contributed by atoms with Crippen LogP contribution in [0.25, 0.3) is 0 Å². The van der Waals surface area contributed by atoms with Gasteiger partial charge < -0.3 is 43.4 Å².